The van der Waals surface area contributed by atoms with Gasteiger partial charge in [-0.05, 0) is 0 Å². The third kappa shape index (κ3) is 5.26. The molecule has 0 bridgehead atoms. The second-order valence-electron chi connectivity index (χ2n) is 3.35. The summed E-state index contributed by atoms with van der Waals surface area (Å²) < 4.78 is 0. The first-order chi connectivity index (χ1) is 5.29. The van der Waals surface area contributed by atoms with Crippen molar-refractivity contribution in [1.29, 1.82) is 0 Å². The molecule has 0 aromatic carbocycles. The van der Waals surface area contributed by atoms with Crippen molar-refractivity contribution in [3.63, 3.8) is 0 Å². The topological polar surface area (TPSA) is 15.6 Å². The second-order valence-corrected chi connectivity index (χ2v) is 3.35. The molecule has 0 atom stereocenters. The molecule has 1 aliphatic heterocycles. The fourth-order valence-corrected chi connectivity index (χ4v) is 1.07. The van der Waals surface area contributed by atoms with Gasteiger partial charge in [-0.1, -0.05) is 19.8 Å². The van der Waals surface area contributed by atoms with Crippen molar-refractivity contribution in [2.24, 2.45) is 10.9 Å². The van der Waals surface area contributed by atoms with E-state index in [0.29, 0.717) is 0 Å². The first-order valence-corrected chi connectivity index (χ1v) is 4.28. The van der Waals surface area contributed by atoms with E-state index < -0.39 is 0 Å². The van der Waals surface area contributed by atoms with E-state index in [1.807, 2.05) is 0 Å². The molecular formula is C9H16N2Y-2. The summed E-state index contributed by atoms with van der Waals surface area (Å²) in [7, 11) is 0. The quantitative estimate of drug-likeness (QED) is 0.680. The van der Waals surface area contributed by atoms with E-state index in [0.717, 1.165) is 25.6 Å². The van der Waals surface area contributed by atoms with Gasteiger partial charge in [0.2, 0.25) is 0 Å². The molecule has 0 N–H and O–H groups in total. The summed E-state index contributed by atoms with van der Waals surface area (Å²) in [5.74, 6) is 0.773. The van der Waals surface area contributed by atoms with Crippen LogP contribution in [0, 0.1) is 12.3 Å². The van der Waals surface area contributed by atoms with E-state index in [1.165, 1.54) is 6.42 Å². The number of rotatable bonds is 4. The normalized spacial score (nSPS) is 15.4. The summed E-state index contributed by atoms with van der Waals surface area (Å²) in [5, 5.41) is 0. The minimum absolute atomic E-state index is 0. The Morgan fingerprint density at radius 1 is 1.58 bits per heavy atom. The van der Waals surface area contributed by atoms with Crippen molar-refractivity contribution < 1.29 is 32.7 Å². The first kappa shape index (κ1) is 12.6. The van der Waals surface area contributed by atoms with Crippen molar-refractivity contribution in [2.45, 2.75) is 20.3 Å². The molecule has 0 aromatic rings. The molecule has 2 nitrogen and oxygen atoms in total. The van der Waals surface area contributed by atoms with Crippen LogP contribution in [0.2, 0.25) is 0 Å². The zero-order valence-electron chi connectivity index (χ0n) is 7.95. The van der Waals surface area contributed by atoms with Crippen LogP contribution in [0.5, 0.6) is 0 Å². The van der Waals surface area contributed by atoms with E-state index in [4.69, 9.17) is 0 Å². The van der Waals surface area contributed by atoms with Crippen LogP contribution >= 0.6 is 0 Å². The Kier molecular flexibility index (Phi) is 7.36. The fourth-order valence-electron chi connectivity index (χ4n) is 1.07. The van der Waals surface area contributed by atoms with Gasteiger partial charge in [-0.25, -0.2) is 0 Å². The first-order valence-electron chi connectivity index (χ1n) is 4.28. The van der Waals surface area contributed by atoms with Crippen LogP contribution in [0.1, 0.15) is 20.3 Å². The van der Waals surface area contributed by atoms with Gasteiger partial charge in [0.15, 0.2) is 0 Å². The molecule has 67 valence electrons. The molecule has 12 heavy (non-hydrogen) atoms. The molecule has 0 aliphatic carbocycles. The molecule has 1 heterocycles. The molecule has 1 radical (unpaired) electrons. The summed E-state index contributed by atoms with van der Waals surface area (Å²) >= 11 is 0. The SMILES string of the molecule is CC(C)C[CH-]CN1[C-]=NCC1.[Y]. The maximum Gasteiger partial charge on any atom is 0.0165 e. The molecule has 0 amide bonds. The summed E-state index contributed by atoms with van der Waals surface area (Å²) in [6.07, 6.45) is 6.45. The number of hydrogen-bond donors (Lipinski definition) is 0. The van der Waals surface area contributed by atoms with Gasteiger partial charge in [-0.2, -0.15) is 6.42 Å². The van der Waals surface area contributed by atoms with Gasteiger partial charge in [-0.3, -0.25) is 0 Å². The number of hydrogen-bond acceptors (Lipinski definition) is 2. The Morgan fingerprint density at radius 3 is 2.83 bits per heavy atom. The van der Waals surface area contributed by atoms with Crippen molar-refractivity contribution in [3.8, 4) is 0 Å². The largest absolute Gasteiger partial charge is 0.560 e. The van der Waals surface area contributed by atoms with Crippen LogP contribution < -0.4 is 0 Å². The average Bonchev–Trinajstić information content (AvgIpc) is 2.39. The molecule has 1 rings (SSSR count). The van der Waals surface area contributed by atoms with Gasteiger partial charge in [-0.15, -0.1) is 6.54 Å². The van der Waals surface area contributed by atoms with Gasteiger partial charge in [0.05, 0.1) is 0 Å². The van der Waals surface area contributed by atoms with E-state index in [9.17, 15) is 0 Å². The zero-order chi connectivity index (χ0) is 8.10. The molecular weight excluding hydrogens is 225 g/mol. The second kappa shape index (κ2) is 7.02. The number of nitrogens with zero attached hydrogens (tertiary/aromatic N) is 2. The molecule has 0 fully saturated rings. The van der Waals surface area contributed by atoms with E-state index in [-0.39, 0.29) is 32.7 Å². The van der Waals surface area contributed by atoms with Crippen LogP contribution in [0.4, 0.5) is 0 Å². The molecule has 0 spiro atoms. The summed E-state index contributed by atoms with van der Waals surface area (Å²) in [6.45, 7) is 7.46. The zero-order valence-corrected chi connectivity index (χ0v) is 10.8. The van der Waals surface area contributed by atoms with Crippen LogP contribution in [0.25, 0.3) is 0 Å². The Balaban J connectivity index is 0.00000121. The summed E-state index contributed by atoms with van der Waals surface area (Å²) in [5.41, 5.74) is 0. The molecule has 0 saturated heterocycles. The molecule has 0 saturated carbocycles. The Labute approximate surface area is 101 Å². The minimum atomic E-state index is 0. The fraction of sp³-hybridized carbons (Fsp3) is 0.778. The summed E-state index contributed by atoms with van der Waals surface area (Å²) in [6, 6.07) is 0. The molecule has 0 unspecified atom stereocenters. The third-order valence-corrected chi connectivity index (χ3v) is 1.68. The molecule has 0 aromatic heterocycles. The van der Waals surface area contributed by atoms with Gasteiger partial charge in [0, 0.05) is 45.8 Å². The predicted octanol–water partition coefficient (Wildman–Crippen LogP) is 1.46. The van der Waals surface area contributed by atoms with E-state index in [2.05, 4.69) is 36.5 Å². The van der Waals surface area contributed by atoms with Gasteiger partial charge < -0.3 is 22.7 Å². The van der Waals surface area contributed by atoms with Crippen molar-refractivity contribution in [2.75, 3.05) is 19.6 Å². The van der Waals surface area contributed by atoms with Crippen LogP contribution in [0.3, 0.4) is 0 Å². The van der Waals surface area contributed by atoms with Crippen LogP contribution in [0.15, 0.2) is 4.99 Å². The smallest absolute Gasteiger partial charge is 0.0165 e. The monoisotopic (exact) mass is 241 g/mol. The number of aliphatic imine (C=N–C) groups is 1. The average molecular weight is 241 g/mol. The summed E-state index contributed by atoms with van der Waals surface area (Å²) in [4.78, 5) is 6.15. The maximum atomic E-state index is 4.02. The van der Waals surface area contributed by atoms with Crippen molar-refractivity contribution in [1.82, 2.24) is 4.90 Å². The van der Waals surface area contributed by atoms with Gasteiger partial charge in [0.25, 0.3) is 0 Å². The van der Waals surface area contributed by atoms with Crippen LogP contribution in [-0.2, 0) is 32.7 Å². The Bertz CT molecular complexity index is 134. The van der Waals surface area contributed by atoms with Crippen molar-refractivity contribution >= 4 is 6.34 Å². The van der Waals surface area contributed by atoms with Gasteiger partial charge in [0.1, 0.15) is 0 Å². The van der Waals surface area contributed by atoms with Crippen molar-refractivity contribution in [3.05, 3.63) is 6.42 Å². The van der Waals surface area contributed by atoms with Gasteiger partial charge >= 0.3 is 0 Å². The maximum absolute atomic E-state index is 4.02. The Morgan fingerprint density at radius 2 is 2.33 bits per heavy atom. The molecule has 3 heteroatoms. The molecule has 1 aliphatic rings. The minimum Gasteiger partial charge on any atom is -0.560 e. The van der Waals surface area contributed by atoms with Crippen LogP contribution in [-0.4, -0.2) is 30.9 Å². The predicted molar refractivity (Wildman–Crippen MR) is 47.6 cm³/mol. The third-order valence-electron chi connectivity index (χ3n) is 1.68. The Hall–Kier alpha value is 0.574. The van der Waals surface area contributed by atoms with E-state index in [1.54, 1.807) is 0 Å². The van der Waals surface area contributed by atoms with E-state index >= 15 is 0 Å². The standard InChI is InChI=1S/C9H16N2.Y/c1-9(2)4-3-6-11-7-5-10-8-11;/h3,9H,4-7H2,1-2H3;/q-2;.